The zero-order valence-corrected chi connectivity index (χ0v) is 8.56. The fraction of sp³-hybridized carbons (Fsp3) is 1.00. The Hall–Kier alpha value is -0.200. The fourth-order valence-electron chi connectivity index (χ4n) is 0.485. The van der Waals surface area contributed by atoms with Crippen molar-refractivity contribution < 1.29 is 25.5 Å². The van der Waals surface area contributed by atoms with Gasteiger partial charge in [0.2, 0.25) is 0 Å². The van der Waals surface area contributed by atoms with Crippen molar-refractivity contribution in [2.75, 3.05) is 34.0 Å². The van der Waals surface area contributed by atoms with E-state index in [4.69, 9.17) is 25.5 Å². The van der Waals surface area contributed by atoms with Gasteiger partial charge in [-0.15, -0.1) is 0 Å². The molecule has 5 nitrogen and oxygen atoms in total. The highest BCUT2D eigenvalue weighted by Gasteiger charge is 2.24. The molecule has 0 aromatic rings. The summed E-state index contributed by atoms with van der Waals surface area (Å²) >= 11 is 0. The molecule has 0 unspecified atom stereocenters. The zero-order valence-electron chi connectivity index (χ0n) is 8.56. The lowest BCUT2D eigenvalue weighted by Gasteiger charge is -2.24. The van der Waals surface area contributed by atoms with Crippen LogP contribution in [0.15, 0.2) is 0 Å². The van der Waals surface area contributed by atoms with Gasteiger partial charge in [-0.3, -0.25) is 0 Å². The summed E-state index contributed by atoms with van der Waals surface area (Å²) in [6.07, 6.45) is 0.594. The lowest BCUT2D eigenvalue weighted by molar-refractivity contribution is 0.00304. The van der Waals surface area contributed by atoms with E-state index in [1.165, 1.54) is 0 Å². The molecule has 0 aromatic carbocycles. The Morgan fingerprint density at radius 2 is 1.00 bits per heavy atom. The van der Waals surface area contributed by atoms with Crippen LogP contribution in [-0.4, -0.2) is 59.6 Å². The monoisotopic (exact) mass is 198 g/mol. The van der Waals surface area contributed by atoms with Crippen molar-refractivity contribution in [3.8, 4) is 0 Å². The van der Waals surface area contributed by atoms with Crippen LogP contribution < -0.4 is 0 Å². The summed E-state index contributed by atoms with van der Waals surface area (Å²) < 4.78 is 0. The van der Waals surface area contributed by atoms with Crippen molar-refractivity contribution in [1.29, 1.82) is 0 Å². The largest absolute Gasteiger partial charge is 0.400 e. The molecule has 0 heterocycles. The van der Waals surface area contributed by atoms with Gasteiger partial charge in [0.1, 0.15) is 0 Å². The number of aliphatic hydroxyl groups is 5. The van der Waals surface area contributed by atoms with Crippen LogP contribution in [0, 0.1) is 5.41 Å². The van der Waals surface area contributed by atoms with Crippen molar-refractivity contribution in [2.45, 2.75) is 13.3 Å². The van der Waals surface area contributed by atoms with Crippen molar-refractivity contribution in [1.82, 2.24) is 0 Å². The maximum Gasteiger partial charge on any atom is 0.0531 e. The maximum absolute atomic E-state index is 8.66. The van der Waals surface area contributed by atoms with Crippen molar-refractivity contribution in [3.05, 3.63) is 0 Å². The molecule has 0 aliphatic rings. The fourth-order valence-corrected chi connectivity index (χ4v) is 0.485. The van der Waals surface area contributed by atoms with Crippen LogP contribution in [0.1, 0.15) is 13.3 Å². The lowest BCUT2D eigenvalue weighted by atomic mass is 9.88. The highest BCUT2D eigenvalue weighted by atomic mass is 16.3. The van der Waals surface area contributed by atoms with Gasteiger partial charge in [-0.25, -0.2) is 0 Å². The van der Waals surface area contributed by atoms with Gasteiger partial charge < -0.3 is 25.5 Å². The van der Waals surface area contributed by atoms with E-state index in [1.54, 1.807) is 0 Å². The Labute approximate surface area is 79.3 Å². The molecule has 0 spiro atoms. The van der Waals surface area contributed by atoms with Crippen molar-refractivity contribution in [2.24, 2.45) is 5.41 Å². The van der Waals surface area contributed by atoms with E-state index >= 15 is 0 Å². The second kappa shape index (κ2) is 14.3. The number of hydrogen-bond donors (Lipinski definition) is 5. The summed E-state index contributed by atoms with van der Waals surface area (Å²) in [7, 11) is 2.00. The molecule has 0 atom stereocenters. The predicted octanol–water partition coefficient (Wildman–Crippen LogP) is -1.42. The van der Waals surface area contributed by atoms with E-state index in [0.717, 1.165) is 14.2 Å². The molecule has 13 heavy (non-hydrogen) atoms. The van der Waals surface area contributed by atoms with Crippen LogP contribution in [-0.2, 0) is 0 Å². The second-order valence-corrected chi connectivity index (χ2v) is 2.33. The highest BCUT2D eigenvalue weighted by molar-refractivity contribution is 4.74. The van der Waals surface area contributed by atoms with Crippen molar-refractivity contribution in [3.63, 3.8) is 0 Å². The van der Waals surface area contributed by atoms with Crippen molar-refractivity contribution >= 4 is 0 Å². The Kier molecular flexibility index (Phi) is 20.5. The third-order valence-corrected chi connectivity index (χ3v) is 1.76. The minimum Gasteiger partial charge on any atom is -0.400 e. The van der Waals surface area contributed by atoms with E-state index in [2.05, 4.69) is 0 Å². The molecule has 0 amide bonds. The van der Waals surface area contributed by atoms with Gasteiger partial charge in [-0.1, -0.05) is 6.92 Å². The Morgan fingerprint density at radius 3 is 1.00 bits per heavy atom. The molecule has 0 aromatic heterocycles. The summed E-state index contributed by atoms with van der Waals surface area (Å²) in [5, 5.41) is 40.0. The molecule has 0 saturated heterocycles. The average Bonchev–Trinajstić information content (AvgIpc) is 2.28. The first-order chi connectivity index (χ1) is 6.24. The maximum atomic E-state index is 8.66. The summed E-state index contributed by atoms with van der Waals surface area (Å²) in [6.45, 7) is 1.35. The molecule has 84 valence electrons. The standard InChI is InChI=1S/C6H14O3.2CH4O/c1-2-6(3-7,4-8)5-9;2*1-2/h7-9H,2-5H2,1H3;2*2H,1H3. The van der Waals surface area contributed by atoms with Crippen LogP contribution in [0.25, 0.3) is 0 Å². The summed E-state index contributed by atoms with van der Waals surface area (Å²) in [6, 6.07) is 0. The zero-order chi connectivity index (χ0) is 11.3. The molecular formula is C8H22O5. The van der Waals surface area contributed by atoms with Gasteiger partial charge in [0.15, 0.2) is 0 Å². The number of hydrogen-bond acceptors (Lipinski definition) is 5. The van der Waals surface area contributed by atoms with Gasteiger partial charge in [-0.2, -0.15) is 0 Å². The predicted molar refractivity (Wildman–Crippen MR) is 50.3 cm³/mol. The van der Waals surface area contributed by atoms with E-state index in [1.807, 2.05) is 6.92 Å². The molecular weight excluding hydrogens is 176 g/mol. The molecule has 0 bridgehead atoms. The molecule has 0 saturated carbocycles. The highest BCUT2D eigenvalue weighted by Crippen LogP contribution is 2.18. The summed E-state index contributed by atoms with van der Waals surface area (Å²) in [5.74, 6) is 0. The van der Waals surface area contributed by atoms with E-state index < -0.39 is 5.41 Å². The van der Waals surface area contributed by atoms with Crippen LogP contribution in [0.3, 0.4) is 0 Å². The second-order valence-electron chi connectivity index (χ2n) is 2.33. The van der Waals surface area contributed by atoms with E-state index in [0.29, 0.717) is 6.42 Å². The summed E-state index contributed by atoms with van der Waals surface area (Å²) in [5.41, 5.74) is -0.667. The SMILES string of the molecule is CCC(CO)(CO)CO.CO.CO. The Balaban J connectivity index is -0.000000218. The smallest absolute Gasteiger partial charge is 0.0531 e. The van der Waals surface area contributed by atoms with Crippen LogP contribution in [0.5, 0.6) is 0 Å². The normalized spacial score (nSPS) is 9.23. The average molecular weight is 198 g/mol. The quantitative estimate of drug-likeness (QED) is 0.381. The van der Waals surface area contributed by atoms with E-state index in [9.17, 15) is 0 Å². The molecule has 0 aliphatic heterocycles. The van der Waals surface area contributed by atoms with E-state index in [-0.39, 0.29) is 19.8 Å². The summed E-state index contributed by atoms with van der Waals surface area (Å²) in [4.78, 5) is 0. The van der Waals surface area contributed by atoms with Crippen LogP contribution in [0.2, 0.25) is 0 Å². The molecule has 0 rings (SSSR count). The minimum absolute atomic E-state index is 0.156. The Morgan fingerprint density at radius 1 is 0.769 bits per heavy atom. The van der Waals surface area contributed by atoms with Gasteiger partial charge in [0, 0.05) is 19.6 Å². The van der Waals surface area contributed by atoms with Gasteiger partial charge >= 0.3 is 0 Å². The van der Waals surface area contributed by atoms with Crippen LogP contribution in [0.4, 0.5) is 0 Å². The first-order valence-corrected chi connectivity index (χ1v) is 3.96. The lowest BCUT2D eigenvalue weighted by Crippen LogP contribution is -2.32. The first kappa shape index (κ1) is 18.6. The number of rotatable bonds is 4. The topological polar surface area (TPSA) is 101 Å². The van der Waals surface area contributed by atoms with Gasteiger partial charge in [0.05, 0.1) is 19.8 Å². The molecule has 5 heteroatoms. The Bertz CT molecular complexity index is 55.4. The van der Waals surface area contributed by atoms with Gasteiger partial charge in [-0.05, 0) is 6.42 Å². The third kappa shape index (κ3) is 8.14. The number of aliphatic hydroxyl groups excluding tert-OH is 5. The van der Waals surface area contributed by atoms with Crippen LogP contribution >= 0.6 is 0 Å². The third-order valence-electron chi connectivity index (χ3n) is 1.76. The minimum atomic E-state index is -0.667. The first-order valence-electron chi connectivity index (χ1n) is 3.96. The molecule has 0 fully saturated rings. The molecule has 0 aliphatic carbocycles. The van der Waals surface area contributed by atoms with Gasteiger partial charge in [0.25, 0.3) is 0 Å². The molecule has 5 N–H and O–H groups in total. The molecule has 0 radical (unpaired) electrons.